The maximum Gasteiger partial charge on any atom is 0.416 e. The van der Waals surface area contributed by atoms with Gasteiger partial charge in [-0.25, -0.2) is 9.78 Å². The van der Waals surface area contributed by atoms with Crippen molar-refractivity contribution in [1.29, 1.82) is 0 Å². The van der Waals surface area contributed by atoms with E-state index >= 15 is 0 Å². The predicted octanol–water partition coefficient (Wildman–Crippen LogP) is 3.34. The Bertz CT molecular complexity index is 1000. The minimum Gasteiger partial charge on any atom is -0.465 e. The van der Waals surface area contributed by atoms with Crippen LogP contribution >= 0.6 is 15.9 Å². The lowest BCUT2D eigenvalue weighted by Crippen LogP contribution is -2.48. The zero-order chi connectivity index (χ0) is 22.8. The van der Waals surface area contributed by atoms with Crippen LogP contribution in [0.4, 0.5) is 35.4 Å². The molecule has 2 amide bonds. The molecule has 1 atom stereocenters. The number of carbonyl (C=O) groups is 2. The van der Waals surface area contributed by atoms with E-state index in [1.54, 1.807) is 4.90 Å². The van der Waals surface area contributed by atoms with Crippen LogP contribution in [0.15, 0.2) is 28.9 Å². The van der Waals surface area contributed by atoms with E-state index in [0.717, 1.165) is 12.1 Å². The average molecular weight is 503 g/mol. The summed E-state index contributed by atoms with van der Waals surface area (Å²) in [6.07, 6.45) is -3.21. The van der Waals surface area contributed by atoms with Gasteiger partial charge in [0, 0.05) is 35.5 Å². The first-order valence-corrected chi connectivity index (χ1v) is 9.88. The van der Waals surface area contributed by atoms with Crippen LogP contribution in [0.25, 0.3) is 0 Å². The zero-order valence-electron chi connectivity index (χ0n) is 15.9. The first-order valence-electron chi connectivity index (χ1n) is 9.09. The van der Waals surface area contributed by atoms with Crippen LogP contribution in [-0.4, -0.2) is 46.2 Å². The van der Waals surface area contributed by atoms with Gasteiger partial charge in [-0.3, -0.25) is 4.79 Å². The molecule has 9 nitrogen and oxygen atoms in total. The van der Waals surface area contributed by atoms with E-state index < -0.39 is 23.7 Å². The van der Waals surface area contributed by atoms with Crippen LogP contribution in [0.3, 0.4) is 0 Å². The lowest BCUT2D eigenvalue weighted by molar-refractivity contribution is -0.137. The van der Waals surface area contributed by atoms with Gasteiger partial charge in [0.05, 0.1) is 5.56 Å². The van der Waals surface area contributed by atoms with Crippen molar-refractivity contribution < 1.29 is 27.9 Å². The van der Waals surface area contributed by atoms with Crippen LogP contribution in [0.5, 0.6) is 0 Å². The third kappa shape index (κ3) is 5.75. The Morgan fingerprint density at radius 1 is 1.29 bits per heavy atom. The van der Waals surface area contributed by atoms with Gasteiger partial charge in [-0.05, 0) is 31.0 Å². The SMILES string of the molecule is NC(=O)c1cnc(N2CCCC(NC(=O)O)C2)nc1Nc1cc(Br)cc(C(F)(F)F)c1. The lowest BCUT2D eigenvalue weighted by atomic mass is 10.1. The second kappa shape index (κ2) is 8.96. The van der Waals surface area contributed by atoms with Gasteiger partial charge in [0.25, 0.3) is 5.91 Å². The largest absolute Gasteiger partial charge is 0.465 e. The number of hydrogen-bond acceptors (Lipinski definition) is 6. The molecule has 1 aliphatic rings. The van der Waals surface area contributed by atoms with E-state index in [1.807, 2.05) is 0 Å². The molecule has 166 valence electrons. The van der Waals surface area contributed by atoms with Gasteiger partial charge in [-0.2, -0.15) is 18.2 Å². The molecule has 3 rings (SSSR count). The van der Waals surface area contributed by atoms with Crippen LogP contribution in [0.2, 0.25) is 0 Å². The highest BCUT2D eigenvalue weighted by molar-refractivity contribution is 9.10. The van der Waals surface area contributed by atoms with Gasteiger partial charge in [0.1, 0.15) is 11.4 Å². The normalized spacial score (nSPS) is 16.6. The summed E-state index contributed by atoms with van der Waals surface area (Å²) in [4.78, 5) is 32.8. The molecule has 2 heterocycles. The smallest absolute Gasteiger partial charge is 0.416 e. The first kappa shape index (κ1) is 22.6. The molecule has 31 heavy (non-hydrogen) atoms. The standard InChI is InChI=1S/C18H18BrF3N6O3/c19-10-4-9(18(20,21)22)5-12(6-10)25-15-13(14(23)29)7-24-16(27-15)28-3-1-2-11(8-28)26-17(30)31/h4-7,11,26H,1-3,8H2,(H2,23,29)(H,30,31)(H,24,25,27). The number of carboxylic acid groups (broad SMARTS) is 1. The number of piperidine rings is 1. The number of nitrogens with one attached hydrogen (secondary N) is 2. The topological polar surface area (TPSA) is 133 Å². The van der Waals surface area contributed by atoms with Gasteiger partial charge in [0.2, 0.25) is 5.95 Å². The van der Waals surface area contributed by atoms with Crippen molar-refractivity contribution >= 4 is 45.4 Å². The number of rotatable bonds is 5. The number of benzene rings is 1. The molecule has 1 saturated heterocycles. The number of aromatic nitrogens is 2. The number of anilines is 3. The molecule has 0 aliphatic carbocycles. The number of alkyl halides is 3. The molecular formula is C18H18BrF3N6O3. The quantitative estimate of drug-likeness (QED) is 0.492. The molecule has 0 saturated carbocycles. The van der Waals surface area contributed by atoms with Gasteiger partial charge in [-0.1, -0.05) is 15.9 Å². The highest BCUT2D eigenvalue weighted by Gasteiger charge is 2.31. The molecule has 1 aliphatic heterocycles. The van der Waals surface area contributed by atoms with Gasteiger partial charge >= 0.3 is 12.3 Å². The molecule has 1 fully saturated rings. The number of hydrogen-bond donors (Lipinski definition) is 4. The molecule has 1 aromatic heterocycles. The van der Waals surface area contributed by atoms with Crippen molar-refractivity contribution in [3.63, 3.8) is 0 Å². The van der Waals surface area contributed by atoms with Gasteiger partial charge in [-0.15, -0.1) is 0 Å². The minimum atomic E-state index is -4.57. The molecule has 0 spiro atoms. The monoisotopic (exact) mass is 502 g/mol. The van der Waals surface area contributed by atoms with Crippen LogP contribution in [-0.2, 0) is 6.18 Å². The fraction of sp³-hybridized carbons (Fsp3) is 0.333. The molecule has 2 aromatic rings. The Hall–Kier alpha value is -3.09. The average Bonchev–Trinajstić information content (AvgIpc) is 2.66. The highest BCUT2D eigenvalue weighted by atomic mass is 79.9. The van der Waals surface area contributed by atoms with Crippen LogP contribution < -0.4 is 21.3 Å². The summed E-state index contributed by atoms with van der Waals surface area (Å²) in [5.41, 5.74) is 4.41. The van der Waals surface area contributed by atoms with E-state index in [-0.39, 0.29) is 33.5 Å². The maximum atomic E-state index is 13.1. The Morgan fingerprint density at radius 2 is 2.03 bits per heavy atom. The number of amides is 2. The van der Waals surface area contributed by atoms with Crippen LogP contribution in [0.1, 0.15) is 28.8 Å². The fourth-order valence-corrected chi connectivity index (χ4v) is 3.71. The van der Waals surface area contributed by atoms with Crippen LogP contribution in [0, 0.1) is 0 Å². The van der Waals surface area contributed by atoms with Crippen molar-refractivity contribution in [2.45, 2.75) is 25.1 Å². The Kier molecular flexibility index (Phi) is 6.53. The van der Waals surface area contributed by atoms with Crippen molar-refractivity contribution in [3.05, 3.63) is 40.0 Å². The van der Waals surface area contributed by atoms with E-state index in [1.165, 1.54) is 12.3 Å². The maximum absolute atomic E-state index is 13.1. The molecule has 5 N–H and O–H groups in total. The first-order chi connectivity index (χ1) is 14.5. The minimum absolute atomic E-state index is 0.0397. The summed E-state index contributed by atoms with van der Waals surface area (Å²) in [7, 11) is 0. The molecule has 0 radical (unpaired) electrons. The molecule has 0 bridgehead atoms. The molecule has 1 unspecified atom stereocenters. The van der Waals surface area contributed by atoms with Crippen molar-refractivity contribution in [2.75, 3.05) is 23.3 Å². The Morgan fingerprint density at radius 3 is 2.68 bits per heavy atom. The van der Waals surface area contributed by atoms with Gasteiger partial charge in [0.15, 0.2) is 0 Å². The second-order valence-electron chi connectivity index (χ2n) is 6.88. The third-order valence-corrected chi connectivity index (χ3v) is 5.02. The molecular weight excluding hydrogens is 485 g/mol. The molecule has 1 aromatic carbocycles. The summed E-state index contributed by atoms with van der Waals surface area (Å²) in [5.74, 6) is -0.725. The number of carbonyl (C=O) groups excluding carboxylic acids is 1. The zero-order valence-corrected chi connectivity index (χ0v) is 17.5. The molecule has 13 heteroatoms. The number of halogens is 4. The summed E-state index contributed by atoms with van der Waals surface area (Å²) >= 11 is 3.04. The fourth-order valence-electron chi connectivity index (χ4n) is 3.21. The predicted molar refractivity (Wildman–Crippen MR) is 109 cm³/mol. The summed E-state index contributed by atoms with van der Waals surface area (Å²) in [6.45, 7) is 0.846. The summed E-state index contributed by atoms with van der Waals surface area (Å²) in [6, 6.07) is 2.87. The Labute approximate surface area is 183 Å². The van der Waals surface area contributed by atoms with E-state index in [9.17, 15) is 22.8 Å². The van der Waals surface area contributed by atoms with E-state index in [4.69, 9.17) is 10.8 Å². The van der Waals surface area contributed by atoms with E-state index in [2.05, 4.69) is 36.5 Å². The third-order valence-electron chi connectivity index (χ3n) is 4.56. The summed E-state index contributed by atoms with van der Waals surface area (Å²) in [5, 5.41) is 14.0. The van der Waals surface area contributed by atoms with Gasteiger partial charge < -0.3 is 26.4 Å². The van der Waals surface area contributed by atoms with Crippen molar-refractivity contribution in [3.8, 4) is 0 Å². The number of nitrogens with two attached hydrogens (primary N) is 1. The number of nitrogens with zero attached hydrogens (tertiary/aromatic N) is 3. The lowest BCUT2D eigenvalue weighted by Gasteiger charge is -2.32. The van der Waals surface area contributed by atoms with E-state index in [0.29, 0.717) is 25.9 Å². The highest BCUT2D eigenvalue weighted by Crippen LogP contribution is 2.34. The number of primary amides is 1. The second-order valence-corrected chi connectivity index (χ2v) is 7.80. The summed E-state index contributed by atoms with van der Waals surface area (Å²) < 4.78 is 39.6. The van der Waals surface area contributed by atoms with Crippen molar-refractivity contribution in [1.82, 2.24) is 15.3 Å². The van der Waals surface area contributed by atoms with Crippen molar-refractivity contribution in [2.24, 2.45) is 5.73 Å². The Balaban J connectivity index is 1.92.